The number of piperazine rings is 1. The predicted molar refractivity (Wildman–Crippen MR) is 108 cm³/mol. The summed E-state index contributed by atoms with van der Waals surface area (Å²) in [4.78, 5) is 17.2. The molecule has 148 valence electrons. The van der Waals surface area contributed by atoms with Crippen LogP contribution in [0.2, 0.25) is 0 Å². The van der Waals surface area contributed by atoms with E-state index in [2.05, 4.69) is 15.1 Å². The van der Waals surface area contributed by atoms with Crippen LogP contribution in [-0.2, 0) is 11.3 Å². The Hall–Kier alpha value is -2.93. The van der Waals surface area contributed by atoms with Gasteiger partial charge in [-0.2, -0.15) is 0 Å². The molecule has 0 radical (unpaired) electrons. The molecule has 2 heterocycles. The number of carbonyl (C=O) groups is 1. The highest BCUT2D eigenvalue weighted by Crippen LogP contribution is 2.37. The number of methoxy groups -OCH3 is 3. The topological polar surface area (TPSA) is 63.3 Å². The molecular weight excluding hydrogens is 358 g/mol. The zero-order chi connectivity index (χ0) is 19.7. The van der Waals surface area contributed by atoms with Crippen molar-refractivity contribution in [2.24, 2.45) is 0 Å². The van der Waals surface area contributed by atoms with Crippen molar-refractivity contribution in [2.45, 2.75) is 12.6 Å². The first-order chi connectivity index (χ1) is 13.6. The SMILES string of the molecule is COc1ccc2c(c1)N1CCN(Cc3ccc(OC)c(OC)c3)CC1C(=O)N2. The molecule has 0 spiro atoms. The Kier molecular flexibility index (Phi) is 5.00. The van der Waals surface area contributed by atoms with Crippen LogP contribution < -0.4 is 24.4 Å². The van der Waals surface area contributed by atoms with Crippen LogP contribution in [0.1, 0.15) is 5.56 Å². The highest BCUT2D eigenvalue weighted by molar-refractivity contribution is 6.04. The lowest BCUT2D eigenvalue weighted by atomic mass is 10.0. The first kappa shape index (κ1) is 18.4. The molecule has 1 saturated heterocycles. The van der Waals surface area contributed by atoms with Crippen molar-refractivity contribution >= 4 is 17.3 Å². The summed E-state index contributed by atoms with van der Waals surface area (Å²) < 4.78 is 16.1. The van der Waals surface area contributed by atoms with Crippen molar-refractivity contribution in [3.8, 4) is 17.2 Å². The standard InChI is InChI=1S/C21H25N3O4/c1-26-15-5-6-16-17(11-15)24-9-8-23(13-18(24)21(25)22-16)12-14-4-7-19(27-2)20(10-14)28-3/h4-7,10-11,18H,8-9,12-13H2,1-3H3,(H,22,25). The number of hydrogen-bond acceptors (Lipinski definition) is 6. The second-order valence-corrected chi connectivity index (χ2v) is 7.01. The van der Waals surface area contributed by atoms with Gasteiger partial charge in [0.2, 0.25) is 5.91 Å². The Bertz CT molecular complexity index is 886. The Labute approximate surface area is 164 Å². The number of carbonyl (C=O) groups excluding carboxylic acids is 1. The molecule has 1 N–H and O–H groups in total. The molecule has 1 unspecified atom stereocenters. The Morgan fingerprint density at radius 2 is 1.82 bits per heavy atom. The molecule has 0 saturated carbocycles. The average molecular weight is 383 g/mol. The van der Waals surface area contributed by atoms with Crippen LogP contribution in [0.25, 0.3) is 0 Å². The van der Waals surface area contributed by atoms with E-state index in [1.54, 1.807) is 21.3 Å². The molecular formula is C21H25N3O4. The van der Waals surface area contributed by atoms with Gasteiger partial charge < -0.3 is 24.4 Å². The first-order valence-corrected chi connectivity index (χ1v) is 9.31. The normalized spacial score (nSPS) is 18.8. The second kappa shape index (κ2) is 7.59. The molecule has 2 aliphatic heterocycles. The fourth-order valence-electron chi connectivity index (χ4n) is 3.93. The fraction of sp³-hybridized carbons (Fsp3) is 0.381. The van der Waals surface area contributed by atoms with Crippen LogP contribution in [0.3, 0.4) is 0 Å². The third kappa shape index (κ3) is 3.33. The van der Waals surface area contributed by atoms with Gasteiger partial charge in [-0.25, -0.2) is 0 Å². The number of nitrogens with one attached hydrogen (secondary N) is 1. The van der Waals surface area contributed by atoms with Gasteiger partial charge in [0.1, 0.15) is 11.8 Å². The molecule has 7 heteroatoms. The minimum absolute atomic E-state index is 0.0367. The maximum Gasteiger partial charge on any atom is 0.248 e. The summed E-state index contributed by atoms with van der Waals surface area (Å²) in [5.74, 6) is 2.26. The van der Waals surface area contributed by atoms with Crippen LogP contribution >= 0.6 is 0 Å². The summed E-state index contributed by atoms with van der Waals surface area (Å²) in [6.45, 7) is 3.07. The van der Waals surface area contributed by atoms with E-state index in [4.69, 9.17) is 14.2 Å². The van der Waals surface area contributed by atoms with E-state index in [0.717, 1.165) is 48.1 Å². The van der Waals surface area contributed by atoms with Crippen molar-refractivity contribution in [1.82, 2.24) is 4.90 Å². The molecule has 1 amide bonds. The van der Waals surface area contributed by atoms with Gasteiger partial charge in [-0.15, -0.1) is 0 Å². The van der Waals surface area contributed by atoms with Crippen molar-refractivity contribution in [3.05, 3.63) is 42.0 Å². The minimum atomic E-state index is -0.214. The number of rotatable bonds is 5. The number of fused-ring (bicyclic) bond motifs is 3. The van der Waals surface area contributed by atoms with E-state index in [1.165, 1.54) is 0 Å². The van der Waals surface area contributed by atoms with Crippen LogP contribution in [0.5, 0.6) is 17.2 Å². The lowest BCUT2D eigenvalue weighted by Gasteiger charge is -2.45. The van der Waals surface area contributed by atoms with E-state index in [-0.39, 0.29) is 11.9 Å². The molecule has 4 rings (SSSR count). The molecule has 2 aromatic carbocycles. The van der Waals surface area contributed by atoms with Crippen molar-refractivity contribution < 1.29 is 19.0 Å². The van der Waals surface area contributed by atoms with Gasteiger partial charge in [0, 0.05) is 32.2 Å². The molecule has 0 aliphatic carbocycles. The number of amides is 1. The van der Waals surface area contributed by atoms with Crippen molar-refractivity contribution in [2.75, 3.05) is 51.2 Å². The zero-order valence-corrected chi connectivity index (χ0v) is 16.4. The lowest BCUT2D eigenvalue weighted by Crippen LogP contribution is -2.59. The van der Waals surface area contributed by atoms with E-state index in [1.807, 2.05) is 36.4 Å². The number of anilines is 2. The third-order valence-electron chi connectivity index (χ3n) is 5.39. The summed E-state index contributed by atoms with van der Waals surface area (Å²) in [5, 5.41) is 3.03. The van der Waals surface area contributed by atoms with Crippen LogP contribution in [0, 0.1) is 0 Å². The molecule has 0 aromatic heterocycles. The van der Waals surface area contributed by atoms with Crippen LogP contribution in [0.4, 0.5) is 11.4 Å². The number of nitrogens with zero attached hydrogens (tertiary/aromatic N) is 2. The second-order valence-electron chi connectivity index (χ2n) is 7.01. The fourth-order valence-corrected chi connectivity index (χ4v) is 3.93. The lowest BCUT2D eigenvalue weighted by molar-refractivity contribution is -0.118. The molecule has 1 atom stereocenters. The third-order valence-corrected chi connectivity index (χ3v) is 5.39. The van der Waals surface area contributed by atoms with Gasteiger partial charge >= 0.3 is 0 Å². The van der Waals surface area contributed by atoms with Crippen molar-refractivity contribution in [1.29, 1.82) is 0 Å². The van der Waals surface area contributed by atoms with E-state index < -0.39 is 0 Å². The molecule has 7 nitrogen and oxygen atoms in total. The van der Waals surface area contributed by atoms with Gasteiger partial charge in [0.25, 0.3) is 0 Å². The van der Waals surface area contributed by atoms with Crippen LogP contribution in [0.15, 0.2) is 36.4 Å². The zero-order valence-electron chi connectivity index (χ0n) is 16.4. The van der Waals surface area contributed by atoms with Crippen molar-refractivity contribution in [3.63, 3.8) is 0 Å². The quantitative estimate of drug-likeness (QED) is 0.855. The largest absolute Gasteiger partial charge is 0.497 e. The Morgan fingerprint density at radius 3 is 2.57 bits per heavy atom. The minimum Gasteiger partial charge on any atom is -0.497 e. The highest BCUT2D eigenvalue weighted by Gasteiger charge is 2.37. The average Bonchev–Trinajstić information content (AvgIpc) is 2.73. The molecule has 2 aromatic rings. The van der Waals surface area contributed by atoms with Gasteiger partial charge in [-0.3, -0.25) is 9.69 Å². The molecule has 0 bridgehead atoms. The van der Waals surface area contributed by atoms with Gasteiger partial charge in [0.15, 0.2) is 11.5 Å². The monoisotopic (exact) mass is 383 g/mol. The first-order valence-electron chi connectivity index (χ1n) is 9.31. The predicted octanol–water partition coefficient (Wildman–Crippen LogP) is 2.36. The summed E-state index contributed by atoms with van der Waals surface area (Å²) >= 11 is 0. The summed E-state index contributed by atoms with van der Waals surface area (Å²) in [5.41, 5.74) is 2.99. The molecule has 2 aliphatic rings. The number of hydrogen-bond donors (Lipinski definition) is 1. The van der Waals surface area contributed by atoms with E-state index >= 15 is 0 Å². The van der Waals surface area contributed by atoms with Gasteiger partial charge in [-0.05, 0) is 29.8 Å². The Balaban J connectivity index is 1.51. The number of benzene rings is 2. The van der Waals surface area contributed by atoms with E-state index in [0.29, 0.717) is 12.3 Å². The smallest absolute Gasteiger partial charge is 0.248 e. The summed E-state index contributed by atoms with van der Waals surface area (Å²) in [6, 6.07) is 11.5. The summed E-state index contributed by atoms with van der Waals surface area (Å²) in [6.07, 6.45) is 0. The Morgan fingerprint density at radius 1 is 1.00 bits per heavy atom. The maximum atomic E-state index is 12.7. The van der Waals surface area contributed by atoms with E-state index in [9.17, 15) is 4.79 Å². The van der Waals surface area contributed by atoms with Gasteiger partial charge in [0.05, 0.1) is 32.7 Å². The number of ether oxygens (including phenoxy) is 3. The summed E-state index contributed by atoms with van der Waals surface area (Å²) in [7, 11) is 4.92. The van der Waals surface area contributed by atoms with Crippen LogP contribution in [-0.4, -0.2) is 57.8 Å². The maximum absolute atomic E-state index is 12.7. The van der Waals surface area contributed by atoms with Gasteiger partial charge in [-0.1, -0.05) is 6.07 Å². The highest BCUT2D eigenvalue weighted by atomic mass is 16.5. The molecule has 28 heavy (non-hydrogen) atoms. The molecule has 1 fully saturated rings.